The fourth-order valence-corrected chi connectivity index (χ4v) is 2.08. The molecule has 4 nitrogen and oxygen atoms in total. The summed E-state index contributed by atoms with van der Waals surface area (Å²) in [5.74, 6) is -4.77. The standard InChI is InChI=1S/C16H13F4NO3/c17-11-5-6-12(24-16(19)20)14(18)13(11)15(23)21-7-9-3-1-2-4-10(9)8-22/h1-6,16,22H,7-8H2,(H,21,23). The Kier molecular flexibility index (Phi) is 5.75. The maximum Gasteiger partial charge on any atom is 0.387 e. The molecule has 0 heterocycles. The van der Waals surface area contributed by atoms with Crippen LogP contribution in [0.2, 0.25) is 0 Å². The first kappa shape index (κ1) is 17.7. The maximum atomic E-state index is 14.0. The molecular formula is C16H13F4NO3. The summed E-state index contributed by atoms with van der Waals surface area (Å²) < 4.78 is 56.0. The molecule has 128 valence electrons. The van der Waals surface area contributed by atoms with Crippen molar-refractivity contribution in [1.29, 1.82) is 0 Å². The zero-order valence-corrected chi connectivity index (χ0v) is 12.2. The quantitative estimate of drug-likeness (QED) is 0.793. The summed E-state index contributed by atoms with van der Waals surface area (Å²) in [4.78, 5) is 12.0. The van der Waals surface area contributed by atoms with Crippen LogP contribution < -0.4 is 10.1 Å². The molecule has 0 spiro atoms. The van der Waals surface area contributed by atoms with Crippen LogP contribution in [0.25, 0.3) is 0 Å². The average molecular weight is 343 g/mol. The van der Waals surface area contributed by atoms with Gasteiger partial charge in [-0.05, 0) is 23.3 Å². The number of carbonyl (C=O) groups is 1. The molecule has 2 aromatic carbocycles. The van der Waals surface area contributed by atoms with Gasteiger partial charge >= 0.3 is 6.61 Å². The molecule has 1 amide bonds. The van der Waals surface area contributed by atoms with Crippen LogP contribution in [-0.4, -0.2) is 17.6 Å². The van der Waals surface area contributed by atoms with Gasteiger partial charge in [-0.1, -0.05) is 24.3 Å². The van der Waals surface area contributed by atoms with Gasteiger partial charge in [0.25, 0.3) is 5.91 Å². The van der Waals surface area contributed by atoms with E-state index < -0.39 is 35.5 Å². The van der Waals surface area contributed by atoms with E-state index in [1.54, 1.807) is 24.3 Å². The van der Waals surface area contributed by atoms with Gasteiger partial charge in [0, 0.05) is 6.54 Å². The Hall–Kier alpha value is -2.61. The average Bonchev–Trinajstić information content (AvgIpc) is 2.55. The van der Waals surface area contributed by atoms with E-state index in [-0.39, 0.29) is 13.2 Å². The molecule has 0 aliphatic rings. The molecule has 0 fully saturated rings. The summed E-state index contributed by atoms with van der Waals surface area (Å²) >= 11 is 0. The third-order valence-electron chi connectivity index (χ3n) is 3.23. The minimum Gasteiger partial charge on any atom is -0.432 e. The van der Waals surface area contributed by atoms with Crippen molar-refractivity contribution in [2.24, 2.45) is 0 Å². The van der Waals surface area contributed by atoms with Gasteiger partial charge in [-0.3, -0.25) is 4.79 Å². The van der Waals surface area contributed by atoms with E-state index in [0.717, 1.165) is 0 Å². The predicted molar refractivity (Wildman–Crippen MR) is 76.5 cm³/mol. The van der Waals surface area contributed by atoms with E-state index in [4.69, 9.17) is 0 Å². The minimum absolute atomic E-state index is 0.103. The van der Waals surface area contributed by atoms with E-state index in [9.17, 15) is 27.5 Å². The monoisotopic (exact) mass is 343 g/mol. The van der Waals surface area contributed by atoms with Gasteiger partial charge in [-0.15, -0.1) is 0 Å². The highest BCUT2D eigenvalue weighted by Gasteiger charge is 2.23. The maximum absolute atomic E-state index is 14.0. The summed E-state index contributed by atoms with van der Waals surface area (Å²) in [5, 5.41) is 11.5. The van der Waals surface area contributed by atoms with Gasteiger partial charge in [-0.25, -0.2) is 8.78 Å². The van der Waals surface area contributed by atoms with Crippen LogP contribution in [-0.2, 0) is 13.2 Å². The molecule has 2 rings (SSSR count). The number of aliphatic hydroxyl groups is 1. The molecule has 0 aliphatic carbocycles. The number of hydrogen-bond donors (Lipinski definition) is 2. The number of amides is 1. The zero-order chi connectivity index (χ0) is 17.7. The Bertz CT molecular complexity index is 737. The van der Waals surface area contributed by atoms with Crippen molar-refractivity contribution in [3.05, 3.63) is 64.7 Å². The van der Waals surface area contributed by atoms with E-state index in [1.807, 2.05) is 0 Å². The van der Waals surface area contributed by atoms with Gasteiger partial charge in [0.05, 0.1) is 6.61 Å². The van der Waals surface area contributed by atoms with Gasteiger partial charge in [0.15, 0.2) is 11.6 Å². The summed E-state index contributed by atoms with van der Waals surface area (Å²) in [6, 6.07) is 7.93. The highest BCUT2D eigenvalue weighted by Crippen LogP contribution is 2.25. The lowest BCUT2D eigenvalue weighted by Crippen LogP contribution is -2.26. The van der Waals surface area contributed by atoms with Crippen molar-refractivity contribution >= 4 is 5.91 Å². The Morgan fingerprint density at radius 1 is 1.12 bits per heavy atom. The van der Waals surface area contributed by atoms with Crippen molar-refractivity contribution in [2.45, 2.75) is 19.8 Å². The number of nitrogens with one attached hydrogen (secondary N) is 1. The van der Waals surface area contributed by atoms with Crippen molar-refractivity contribution in [3.8, 4) is 5.75 Å². The molecule has 0 saturated carbocycles. The fraction of sp³-hybridized carbons (Fsp3) is 0.188. The Morgan fingerprint density at radius 3 is 2.42 bits per heavy atom. The Labute approximate surface area is 134 Å². The first-order valence-corrected chi connectivity index (χ1v) is 6.82. The lowest BCUT2D eigenvalue weighted by Gasteiger charge is -2.12. The topological polar surface area (TPSA) is 58.6 Å². The van der Waals surface area contributed by atoms with Crippen molar-refractivity contribution < 1.29 is 32.2 Å². The van der Waals surface area contributed by atoms with E-state index in [1.165, 1.54) is 0 Å². The predicted octanol–water partition coefficient (Wildman–Crippen LogP) is 2.99. The highest BCUT2D eigenvalue weighted by molar-refractivity contribution is 5.95. The smallest absolute Gasteiger partial charge is 0.387 e. The SMILES string of the molecule is O=C(NCc1ccccc1CO)c1c(F)ccc(OC(F)F)c1F. The van der Waals surface area contributed by atoms with E-state index in [2.05, 4.69) is 10.1 Å². The normalized spacial score (nSPS) is 10.8. The molecule has 24 heavy (non-hydrogen) atoms. The fourth-order valence-electron chi connectivity index (χ4n) is 2.08. The molecule has 0 aromatic heterocycles. The number of rotatable bonds is 6. The zero-order valence-electron chi connectivity index (χ0n) is 12.2. The Morgan fingerprint density at radius 2 is 1.79 bits per heavy atom. The Balaban J connectivity index is 2.20. The number of carbonyl (C=O) groups excluding carboxylic acids is 1. The molecular weight excluding hydrogens is 330 g/mol. The number of ether oxygens (including phenoxy) is 1. The second-order valence-electron chi connectivity index (χ2n) is 4.72. The molecule has 2 aromatic rings. The molecule has 0 unspecified atom stereocenters. The van der Waals surface area contributed by atoms with E-state index >= 15 is 0 Å². The van der Waals surface area contributed by atoms with Crippen molar-refractivity contribution in [1.82, 2.24) is 5.32 Å². The van der Waals surface area contributed by atoms with Gasteiger partial charge in [0.1, 0.15) is 11.4 Å². The number of halogens is 4. The first-order chi connectivity index (χ1) is 11.4. The third kappa shape index (κ3) is 4.02. The lowest BCUT2D eigenvalue weighted by molar-refractivity contribution is -0.0523. The second-order valence-corrected chi connectivity index (χ2v) is 4.72. The van der Waals surface area contributed by atoms with Crippen LogP contribution >= 0.6 is 0 Å². The van der Waals surface area contributed by atoms with Crippen molar-refractivity contribution in [2.75, 3.05) is 0 Å². The summed E-state index contributed by atoms with van der Waals surface area (Å²) in [5.41, 5.74) is 0.0670. The number of alkyl halides is 2. The molecule has 0 bridgehead atoms. The van der Waals surface area contributed by atoms with Gasteiger partial charge < -0.3 is 15.2 Å². The third-order valence-corrected chi connectivity index (χ3v) is 3.23. The van der Waals surface area contributed by atoms with E-state index in [0.29, 0.717) is 23.3 Å². The van der Waals surface area contributed by atoms with Crippen molar-refractivity contribution in [3.63, 3.8) is 0 Å². The summed E-state index contributed by atoms with van der Waals surface area (Å²) in [6.07, 6.45) is 0. The van der Waals surface area contributed by atoms with Crippen LogP contribution in [0.15, 0.2) is 36.4 Å². The molecule has 0 saturated heterocycles. The largest absolute Gasteiger partial charge is 0.432 e. The molecule has 0 aliphatic heterocycles. The number of hydrogen-bond acceptors (Lipinski definition) is 3. The lowest BCUT2D eigenvalue weighted by atomic mass is 10.1. The van der Waals surface area contributed by atoms with Crippen LogP contribution in [0.1, 0.15) is 21.5 Å². The van der Waals surface area contributed by atoms with Crippen LogP contribution in [0.3, 0.4) is 0 Å². The van der Waals surface area contributed by atoms with Crippen LogP contribution in [0.5, 0.6) is 5.75 Å². The summed E-state index contributed by atoms with van der Waals surface area (Å²) in [7, 11) is 0. The molecule has 2 N–H and O–H groups in total. The first-order valence-electron chi connectivity index (χ1n) is 6.82. The number of benzene rings is 2. The molecule has 0 radical (unpaired) electrons. The highest BCUT2D eigenvalue weighted by atomic mass is 19.3. The van der Waals surface area contributed by atoms with Crippen LogP contribution in [0, 0.1) is 11.6 Å². The molecule has 0 atom stereocenters. The summed E-state index contributed by atoms with van der Waals surface area (Å²) in [6.45, 7) is -3.68. The van der Waals surface area contributed by atoms with Gasteiger partial charge in [-0.2, -0.15) is 8.78 Å². The second kappa shape index (κ2) is 7.78. The minimum atomic E-state index is -3.31. The number of aliphatic hydroxyl groups excluding tert-OH is 1. The molecule has 8 heteroatoms. The van der Waals surface area contributed by atoms with Crippen LogP contribution in [0.4, 0.5) is 17.6 Å². The van der Waals surface area contributed by atoms with Gasteiger partial charge in [0.2, 0.25) is 0 Å².